The molecule has 4 rings (SSSR count). The number of aromatic nitrogens is 4. The van der Waals surface area contributed by atoms with Gasteiger partial charge in [0.05, 0.1) is 13.7 Å². The lowest BCUT2D eigenvalue weighted by Gasteiger charge is -2.07. The summed E-state index contributed by atoms with van der Waals surface area (Å²) in [4.78, 5) is 12.6. The molecular formula is C22H18Cl3N5O3. The van der Waals surface area contributed by atoms with Crippen LogP contribution in [0.4, 0.5) is 5.82 Å². The Morgan fingerprint density at radius 1 is 0.970 bits per heavy atom. The van der Waals surface area contributed by atoms with E-state index in [1.807, 2.05) is 0 Å². The Bertz CT molecular complexity index is 1270. The van der Waals surface area contributed by atoms with Crippen molar-refractivity contribution in [2.45, 2.75) is 13.3 Å². The van der Waals surface area contributed by atoms with Gasteiger partial charge in [-0.1, -0.05) is 40.9 Å². The van der Waals surface area contributed by atoms with Crippen molar-refractivity contribution in [3.8, 4) is 11.5 Å². The number of hydrogen-bond acceptors (Lipinski definition) is 5. The molecule has 0 atom stereocenters. The van der Waals surface area contributed by atoms with Gasteiger partial charge in [0.15, 0.2) is 18.2 Å². The van der Waals surface area contributed by atoms with Crippen molar-refractivity contribution in [3.05, 3.63) is 87.2 Å². The first kappa shape index (κ1) is 23.0. The van der Waals surface area contributed by atoms with Crippen LogP contribution >= 0.6 is 34.8 Å². The summed E-state index contributed by atoms with van der Waals surface area (Å²) in [6.45, 7) is 0.500. The molecule has 2 aromatic carbocycles. The first-order valence-electron chi connectivity index (χ1n) is 9.70. The van der Waals surface area contributed by atoms with Gasteiger partial charge in [-0.25, -0.2) is 4.68 Å². The molecule has 11 heteroatoms. The Morgan fingerprint density at radius 2 is 1.73 bits per heavy atom. The highest BCUT2D eigenvalue weighted by Crippen LogP contribution is 2.24. The molecule has 0 aliphatic carbocycles. The van der Waals surface area contributed by atoms with Crippen LogP contribution in [0.1, 0.15) is 16.1 Å². The molecule has 1 amide bonds. The van der Waals surface area contributed by atoms with Crippen molar-refractivity contribution in [1.29, 1.82) is 0 Å². The van der Waals surface area contributed by atoms with E-state index in [4.69, 9.17) is 44.3 Å². The molecule has 170 valence electrons. The number of benzene rings is 2. The van der Waals surface area contributed by atoms with Gasteiger partial charge < -0.3 is 14.8 Å². The quantitative estimate of drug-likeness (QED) is 0.347. The highest BCUT2D eigenvalue weighted by Gasteiger charge is 2.15. The number of rotatable bonds is 8. The van der Waals surface area contributed by atoms with Crippen LogP contribution in [-0.4, -0.2) is 32.6 Å². The van der Waals surface area contributed by atoms with Gasteiger partial charge in [-0.15, -0.1) is 0 Å². The lowest BCUT2D eigenvalue weighted by molar-refractivity contribution is 0.101. The Morgan fingerprint density at radius 3 is 2.45 bits per heavy atom. The van der Waals surface area contributed by atoms with Gasteiger partial charge in [-0.05, 0) is 48.0 Å². The Hall–Kier alpha value is -3.20. The van der Waals surface area contributed by atoms with Gasteiger partial charge >= 0.3 is 0 Å². The number of methoxy groups -OCH3 is 1. The van der Waals surface area contributed by atoms with Crippen molar-refractivity contribution in [2.75, 3.05) is 12.4 Å². The van der Waals surface area contributed by atoms with E-state index in [-0.39, 0.29) is 23.3 Å². The number of anilines is 1. The molecule has 0 unspecified atom stereocenters. The third-order valence-corrected chi connectivity index (χ3v) is 5.46. The van der Waals surface area contributed by atoms with Crippen LogP contribution in [0, 0.1) is 0 Å². The summed E-state index contributed by atoms with van der Waals surface area (Å²) < 4.78 is 13.9. The van der Waals surface area contributed by atoms with Crippen molar-refractivity contribution in [2.24, 2.45) is 0 Å². The molecule has 0 spiro atoms. The molecule has 2 heterocycles. The summed E-state index contributed by atoms with van der Waals surface area (Å²) in [7, 11) is 1.60. The van der Waals surface area contributed by atoms with Crippen molar-refractivity contribution in [1.82, 2.24) is 19.6 Å². The topological polar surface area (TPSA) is 83.2 Å². The van der Waals surface area contributed by atoms with Crippen LogP contribution in [0.15, 0.2) is 60.9 Å². The smallest absolute Gasteiger partial charge is 0.277 e. The number of carbonyl (C=O) groups is 1. The summed E-state index contributed by atoms with van der Waals surface area (Å²) >= 11 is 18.4. The van der Waals surface area contributed by atoms with E-state index in [2.05, 4.69) is 15.5 Å². The number of nitrogens with zero attached hydrogens (tertiary/aromatic N) is 4. The largest absolute Gasteiger partial charge is 0.497 e. The van der Waals surface area contributed by atoms with Crippen LogP contribution in [0.3, 0.4) is 0 Å². The zero-order valence-electron chi connectivity index (χ0n) is 17.3. The van der Waals surface area contributed by atoms with E-state index in [0.717, 1.165) is 11.3 Å². The maximum Gasteiger partial charge on any atom is 0.277 e. The molecule has 0 bridgehead atoms. The molecule has 0 aliphatic rings. The SMILES string of the molecule is COc1ccc(OCn2ccc(C(=O)Nc3nn(Cc4ccc(Cl)cc4Cl)cc3Cl)n2)cc1. The third kappa shape index (κ3) is 5.78. The highest BCUT2D eigenvalue weighted by atomic mass is 35.5. The number of amides is 1. The van der Waals surface area contributed by atoms with Crippen molar-refractivity contribution >= 4 is 46.5 Å². The van der Waals surface area contributed by atoms with Gasteiger partial charge in [0.2, 0.25) is 0 Å². The minimum absolute atomic E-state index is 0.136. The third-order valence-electron chi connectivity index (χ3n) is 4.59. The highest BCUT2D eigenvalue weighted by molar-refractivity contribution is 6.35. The lowest BCUT2D eigenvalue weighted by Crippen LogP contribution is -2.15. The average molecular weight is 507 g/mol. The van der Waals surface area contributed by atoms with E-state index in [9.17, 15) is 4.79 Å². The maximum atomic E-state index is 12.6. The second-order valence-electron chi connectivity index (χ2n) is 6.90. The van der Waals surface area contributed by atoms with Crippen molar-refractivity contribution < 1.29 is 14.3 Å². The molecule has 0 saturated heterocycles. The first-order valence-corrected chi connectivity index (χ1v) is 10.8. The molecule has 0 saturated carbocycles. The van der Waals surface area contributed by atoms with Gasteiger partial charge in [-0.2, -0.15) is 10.2 Å². The molecular weight excluding hydrogens is 489 g/mol. The van der Waals surface area contributed by atoms with Crippen LogP contribution in [0.5, 0.6) is 11.5 Å². The van der Waals surface area contributed by atoms with Crippen LogP contribution in [0.2, 0.25) is 15.1 Å². The van der Waals surface area contributed by atoms with Gasteiger partial charge in [0.25, 0.3) is 5.91 Å². The van der Waals surface area contributed by atoms with Gasteiger partial charge in [0, 0.05) is 22.4 Å². The number of halogens is 3. The van der Waals surface area contributed by atoms with Crippen LogP contribution in [-0.2, 0) is 13.3 Å². The fraction of sp³-hybridized carbons (Fsp3) is 0.136. The molecule has 0 fully saturated rings. The summed E-state index contributed by atoms with van der Waals surface area (Å²) in [6, 6.07) is 13.9. The summed E-state index contributed by atoms with van der Waals surface area (Å²) in [5.41, 5.74) is 1.01. The Balaban J connectivity index is 1.37. The lowest BCUT2D eigenvalue weighted by atomic mass is 10.2. The minimum atomic E-state index is -0.449. The summed E-state index contributed by atoms with van der Waals surface area (Å²) in [5, 5.41) is 12.6. The van der Waals surface area contributed by atoms with E-state index >= 15 is 0 Å². The Kier molecular flexibility index (Phi) is 7.08. The van der Waals surface area contributed by atoms with Gasteiger partial charge in [-0.3, -0.25) is 9.48 Å². The number of hydrogen-bond donors (Lipinski definition) is 1. The molecule has 8 nitrogen and oxygen atoms in total. The van der Waals surface area contributed by atoms with E-state index in [0.29, 0.717) is 22.3 Å². The average Bonchev–Trinajstić information content (AvgIpc) is 3.41. The Labute approximate surface area is 204 Å². The van der Waals surface area contributed by atoms with Crippen LogP contribution < -0.4 is 14.8 Å². The molecule has 1 N–H and O–H groups in total. The molecule has 4 aromatic rings. The maximum absolute atomic E-state index is 12.6. The second-order valence-corrected chi connectivity index (χ2v) is 8.15. The zero-order valence-corrected chi connectivity index (χ0v) is 19.6. The van der Waals surface area contributed by atoms with Crippen LogP contribution in [0.25, 0.3) is 0 Å². The number of nitrogens with one attached hydrogen (secondary N) is 1. The summed E-state index contributed by atoms with van der Waals surface area (Å²) in [6.07, 6.45) is 3.24. The molecule has 0 aliphatic heterocycles. The molecule has 0 radical (unpaired) electrons. The predicted octanol–water partition coefficient (Wildman–Crippen LogP) is 5.39. The van der Waals surface area contributed by atoms with Crippen molar-refractivity contribution in [3.63, 3.8) is 0 Å². The fourth-order valence-corrected chi connectivity index (χ4v) is 3.59. The molecule has 2 aromatic heterocycles. The standard InChI is InChI=1S/C22H18Cl3N5O3/c1-32-16-4-6-17(7-5-16)33-13-29-9-8-20(27-29)22(31)26-21-19(25)12-30(28-21)11-14-2-3-15(23)10-18(14)24/h2-10,12H,11,13H2,1H3,(H,26,28,31). The molecule has 33 heavy (non-hydrogen) atoms. The first-order chi connectivity index (χ1) is 15.9. The van der Waals surface area contributed by atoms with E-state index in [1.165, 1.54) is 4.68 Å². The van der Waals surface area contributed by atoms with E-state index in [1.54, 1.807) is 72.7 Å². The predicted molar refractivity (Wildman–Crippen MR) is 127 cm³/mol. The van der Waals surface area contributed by atoms with Gasteiger partial charge in [0.1, 0.15) is 16.5 Å². The normalized spacial score (nSPS) is 10.8. The van der Waals surface area contributed by atoms with E-state index < -0.39 is 5.91 Å². The zero-order chi connectivity index (χ0) is 23.4. The monoisotopic (exact) mass is 505 g/mol. The fourth-order valence-electron chi connectivity index (χ4n) is 2.93. The number of carbonyl (C=O) groups excluding carboxylic acids is 1. The minimum Gasteiger partial charge on any atom is -0.497 e. The number of ether oxygens (including phenoxy) is 2. The second kappa shape index (κ2) is 10.2. The summed E-state index contributed by atoms with van der Waals surface area (Å²) in [5.74, 6) is 1.15.